The fraction of sp³-hybridized carbons (Fsp3) is 0.167. The van der Waals surface area contributed by atoms with Gasteiger partial charge in [-0.1, -0.05) is 18.2 Å². The third-order valence-electron chi connectivity index (χ3n) is 3.86. The highest BCUT2D eigenvalue weighted by atomic mass is 19.1. The summed E-state index contributed by atoms with van der Waals surface area (Å²) in [6, 6.07) is 8.61. The van der Waals surface area contributed by atoms with Crippen molar-refractivity contribution >= 4 is 22.5 Å². The molecule has 1 aromatic heterocycles. The van der Waals surface area contributed by atoms with E-state index in [0.29, 0.717) is 10.9 Å². The van der Waals surface area contributed by atoms with E-state index in [0.717, 1.165) is 17.7 Å². The van der Waals surface area contributed by atoms with Crippen molar-refractivity contribution < 1.29 is 13.6 Å². The van der Waals surface area contributed by atoms with E-state index in [1.54, 1.807) is 12.1 Å². The molecule has 0 bridgehead atoms. The third-order valence-corrected chi connectivity index (χ3v) is 3.86. The summed E-state index contributed by atoms with van der Waals surface area (Å²) in [6.45, 7) is 1.91. The van der Waals surface area contributed by atoms with E-state index in [1.807, 2.05) is 13.0 Å². The Labute approximate surface area is 141 Å². The Morgan fingerprint density at radius 1 is 1.16 bits per heavy atom. The first kappa shape index (κ1) is 16.8. The van der Waals surface area contributed by atoms with Crippen molar-refractivity contribution in [2.75, 3.05) is 5.32 Å². The molecule has 0 spiro atoms. The summed E-state index contributed by atoms with van der Waals surface area (Å²) >= 11 is 0. The average molecular weight is 343 g/mol. The van der Waals surface area contributed by atoms with Crippen LogP contribution in [0.4, 0.5) is 14.5 Å². The fourth-order valence-corrected chi connectivity index (χ4v) is 2.54. The van der Waals surface area contributed by atoms with Crippen molar-refractivity contribution in [2.45, 2.75) is 19.9 Å². The number of fused-ring (bicyclic) bond motifs is 1. The van der Waals surface area contributed by atoms with Gasteiger partial charge in [0.25, 0.3) is 5.56 Å². The highest BCUT2D eigenvalue weighted by molar-refractivity contribution is 5.91. The van der Waals surface area contributed by atoms with Gasteiger partial charge >= 0.3 is 0 Å². The molecule has 0 aliphatic rings. The topological polar surface area (TPSA) is 64.0 Å². The van der Waals surface area contributed by atoms with E-state index in [1.165, 1.54) is 17.0 Å². The Morgan fingerprint density at radius 3 is 2.56 bits per heavy atom. The molecule has 0 fully saturated rings. The van der Waals surface area contributed by atoms with Gasteiger partial charge in [-0.15, -0.1) is 0 Å². The average Bonchev–Trinajstić information content (AvgIpc) is 2.58. The van der Waals surface area contributed by atoms with Gasteiger partial charge in [0.15, 0.2) is 0 Å². The number of halogens is 2. The molecule has 0 saturated carbocycles. The molecule has 2 aromatic carbocycles. The largest absolute Gasteiger partial charge is 0.321 e. The molecular weight excluding hydrogens is 328 g/mol. The second-order valence-electron chi connectivity index (χ2n) is 5.61. The van der Waals surface area contributed by atoms with Crippen LogP contribution in [0.25, 0.3) is 10.9 Å². The first-order chi connectivity index (χ1) is 12.0. The summed E-state index contributed by atoms with van der Waals surface area (Å²) in [7, 11) is 0. The number of para-hydroxylation sites is 2. The number of carbonyl (C=O) groups is 1. The molecule has 0 saturated heterocycles. The number of hydrogen-bond donors (Lipinski definition) is 1. The number of nitrogens with zero attached hydrogens (tertiary/aromatic N) is 2. The maximum atomic E-state index is 13.5. The molecule has 5 nitrogen and oxygen atoms in total. The lowest BCUT2D eigenvalue weighted by atomic mass is 10.1. The van der Waals surface area contributed by atoms with Gasteiger partial charge in [0.05, 0.1) is 17.2 Å². The number of rotatable bonds is 4. The zero-order valence-electron chi connectivity index (χ0n) is 13.4. The second kappa shape index (κ2) is 6.80. The summed E-state index contributed by atoms with van der Waals surface area (Å²) in [5.41, 5.74) is 0.738. The minimum Gasteiger partial charge on any atom is -0.321 e. The predicted molar refractivity (Wildman–Crippen MR) is 90.3 cm³/mol. The normalized spacial score (nSPS) is 10.8. The summed E-state index contributed by atoms with van der Waals surface area (Å²) in [5, 5.41) is 2.65. The lowest BCUT2D eigenvalue weighted by molar-refractivity contribution is -0.116. The van der Waals surface area contributed by atoms with Gasteiger partial charge in [-0.3, -0.25) is 14.2 Å². The van der Waals surface area contributed by atoms with Gasteiger partial charge in [-0.25, -0.2) is 13.8 Å². The smallest absolute Gasteiger partial charge is 0.261 e. The molecule has 0 radical (unpaired) electrons. The molecule has 0 unspecified atom stereocenters. The summed E-state index contributed by atoms with van der Waals surface area (Å²) < 4.78 is 28.4. The number of aromatic nitrogens is 2. The molecule has 3 aromatic rings. The molecule has 7 heteroatoms. The van der Waals surface area contributed by atoms with Crippen LogP contribution < -0.4 is 10.9 Å². The van der Waals surface area contributed by atoms with Crippen molar-refractivity contribution in [3.8, 4) is 0 Å². The molecule has 128 valence electrons. The second-order valence-corrected chi connectivity index (χ2v) is 5.61. The summed E-state index contributed by atoms with van der Waals surface area (Å²) in [6.07, 6.45) is 1.25. The van der Waals surface area contributed by atoms with E-state index >= 15 is 0 Å². The van der Waals surface area contributed by atoms with E-state index in [2.05, 4.69) is 10.3 Å². The highest BCUT2D eigenvalue weighted by Gasteiger charge is 2.12. The van der Waals surface area contributed by atoms with Crippen LogP contribution in [0.5, 0.6) is 0 Å². The van der Waals surface area contributed by atoms with Crippen LogP contribution in [0.2, 0.25) is 0 Å². The van der Waals surface area contributed by atoms with Gasteiger partial charge in [-0.05, 0) is 30.7 Å². The van der Waals surface area contributed by atoms with Crippen molar-refractivity contribution in [1.82, 2.24) is 9.55 Å². The van der Waals surface area contributed by atoms with Crippen LogP contribution in [-0.4, -0.2) is 15.5 Å². The number of anilines is 1. The zero-order valence-corrected chi connectivity index (χ0v) is 13.4. The van der Waals surface area contributed by atoms with E-state index in [9.17, 15) is 18.4 Å². The van der Waals surface area contributed by atoms with Crippen LogP contribution in [0.1, 0.15) is 12.0 Å². The first-order valence-electron chi connectivity index (χ1n) is 7.66. The van der Waals surface area contributed by atoms with Gasteiger partial charge in [0.2, 0.25) is 5.91 Å². The number of aryl methyl sites for hydroxylation is 2. The van der Waals surface area contributed by atoms with Crippen LogP contribution in [0, 0.1) is 18.6 Å². The van der Waals surface area contributed by atoms with E-state index in [4.69, 9.17) is 0 Å². The predicted octanol–water partition coefficient (Wildman–Crippen LogP) is 3.01. The number of hydrogen-bond acceptors (Lipinski definition) is 3. The molecule has 0 aliphatic heterocycles. The lowest BCUT2D eigenvalue weighted by Crippen LogP contribution is -2.24. The molecular formula is C18H15F2N3O2. The minimum absolute atomic E-state index is 0.0532. The quantitative estimate of drug-likeness (QED) is 0.792. The van der Waals surface area contributed by atoms with Crippen molar-refractivity contribution in [3.05, 3.63) is 70.3 Å². The Hall–Kier alpha value is -3.09. The standard InChI is InChI=1S/C18H15F2N3O2/c1-11-4-2-5-12-16(11)21-10-23(18(12)25)9-8-15(24)22-17-13(19)6-3-7-14(17)20/h2-7,10H,8-9H2,1H3,(H,22,24). The monoisotopic (exact) mass is 343 g/mol. The van der Waals surface area contributed by atoms with Crippen molar-refractivity contribution in [3.63, 3.8) is 0 Å². The first-order valence-corrected chi connectivity index (χ1v) is 7.66. The molecule has 0 aliphatic carbocycles. The Balaban J connectivity index is 1.76. The maximum absolute atomic E-state index is 13.5. The van der Waals surface area contributed by atoms with Crippen LogP contribution in [0.15, 0.2) is 47.5 Å². The number of nitrogens with one attached hydrogen (secondary N) is 1. The van der Waals surface area contributed by atoms with Gasteiger partial charge in [-0.2, -0.15) is 0 Å². The minimum atomic E-state index is -0.853. The van der Waals surface area contributed by atoms with Gasteiger partial charge < -0.3 is 5.32 Å². The molecule has 0 atom stereocenters. The zero-order chi connectivity index (χ0) is 18.0. The Bertz CT molecular complexity index is 995. The molecule has 25 heavy (non-hydrogen) atoms. The molecule has 1 heterocycles. The number of carbonyl (C=O) groups excluding carboxylic acids is 1. The maximum Gasteiger partial charge on any atom is 0.261 e. The van der Waals surface area contributed by atoms with E-state index < -0.39 is 23.2 Å². The fourth-order valence-electron chi connectivity index (χ4n) is 2.54. The van der Waals surface area contributed by atoms with Crippen LogP contribution >= 0.6 is 0 Å². The molecule has 1 amide bonds. The summed E-state index contributed by atoms with van der Waals surface area (Å²) in [5.74, 6) is -2.30. The van der Waals surface area contributed by atoms with Crippen LogP contribution in [-0.2, 0) is 11.3 Å². The highest BCUT2D eigenvalue weighted by Crippen LogP contribution is 2.18. The van der Waals surface area contributed by atoms with Gasteiger partial charge in [0.1, 0.15) is 17.3 Å². The number of benzene rings is 2. The van der Waals surface area contributed by atoms with Crippen molar-refractivity contribution in [1.29, 1.82) is 0 Å². The lowest BCUT2D eigenvalue weighted by Gasteiger charge is -2.09. The van der Waals surface area contributed by atoms with E-state index in [-0.39, 0.29) is 18.5 Å². The Morgan fingerprint density at radius 2 is 1.84 bits per heavy atom. The Kier molecular flexibility index (Phi) is 4.56. The third kappa shape index (κ3) is 3.40. The SMILES string of the molecule is Cc1cccc2c(=O)n(CCC(=O)Nc3c(F)cccc3F)cnc12. The van der Waals surface area contributed by atoms with Crippen molar-refractivity contribution in [2.24, 2.45) is 0 Å². The van der Waals surface area contributed by atoms with Gasteiger partial charge in [0, 0.05) is 13.0 Å². The molecule has 3 rings (SSSR count). The molecule has 1 N–H and O–H groups in total. The van der Waals surface area contributed by atoms with Crippen LogP contribution in [0.3, 0.4) is 0 Å². The summed E-state index contributed by atoms with van der Waals surface area (Å²) in [4.78, 5) is 28.6. The number of amides is 1.